The number of rotatable bonds is 8. The summed E-state index contributed by atoms with van der Waals surface area (Å²) in [5.74, 6) is 1.35. The van der Waals surface area contributed by atoms with Crippen molar-refractivity contribution in [2.24, 2.45) is 4.99 Å². The van der Waals surface area contributed by atoms with Crippen LogP contribution in [0.4, 0.5) is 0 Å². The SMILES string of the molecule is CCNC(=NCc1nc(C(C)C)cs1)NCCCN1CC(C)OC(C)C1. The van der Waals surface area contributed by atoms with Gasteiger partial charge in [-0.15, -0.1) is 11.3 Å². The van der Waals surface area contributed by atoms with Crippen LogP contribution in [0.2, 0.25) is 0 Å². The van der Waals surface area contributed by atoms with Crippen molar-refractivity contribution in [3.63, 3.8) is 0 Å². The highest BCUT2D eigenvalue weighted by atomic mass is 32.1. The van der Waals surface area contributed by atoms with Gasteiger partial charge in [0.15, 0.2) is 5.96 Å². The van der Waals surface area contributed by atoms with Gasteiger partial charge in [0, 0.05) is 38.1 Å². The second kappa shape index (κ2) is 10.8. The fraction of sp³-hybridized carbons (Fsp3) is 0.789. The first kappa shape index (κ1) is 21.1. The predicted molar refractivity (Wildman–Crippen MR) is 110 cm³/mol. The first-order chi connectivity index (χ1) is 12.5. The molecule has 2 atom stereocenters. The second-order valence-electron chi connectivity index (χ2n) is 7.31. The molecule has 2 N–H and O–H groups in total. The molecule has 0 spiro atoms. The number of aromatic nitrogens is 1. The van der Waals surface area contributed by atoms with Crippen LogP contribution in [0.15, 0.2) is 10.4 Å². The van der Waals surface area contributed by atoms with E-state index >= 15 is 0 Å². The van der Waals surface area contributed by atoms with E-state index < -0.39 is 0 Å². The maximum Gasteiger partial charge on any atom is 0.191 e. The van der Waals surface area contributed by atoms with Crippen molar-refractivity contribution in [2.75, 3.05) is 32.7 Å². The molecule has 1 aromatic rings. The molecule has 1 aliphatic rings. The van der Waals surface area contributed by atoms with Gasteiger partial charge in [-0.3, -0.25) is 4.90 Å². The summed E-state index contributed by atoms with van der Waals surface area (Å²) >= 11 is 1.69. The summed E-state index contributed by atoms with van der Waals surface area (Å²) < 4.78 is 5.79. The quantitative estimate of drug-likeness (QED) is 0.412. The zero-order chi connectivity index (χ0) is 18.9. The third kappa shape index (κ3) is 7.21. The molecule has 0 bridgehead atoms. The predicted octanol–water partition coefficient (Wildman–Crippen LogP) is 2.82. The van der Waals surface area contributed by atoms with Gasteiger partial charge in [0.05, 0.1) is 24.4 Å². The minimum absolute atomic E-state index is 0.333. The van der Waals surface area contributed by atoms with Crippen LogP contribution < -0.4 is 10.6 Å². The summed E-state index contributed by atoms with van der Waals surface area (Å²) in [6.45, 7) is 16.3. The zero-order valence-electron chi connectivity index (χ0n) is 16.9. The molecule has 1 saturated heterocycles. The van der Waals surface area contributed by atoms with E-state index in [1.165, 1.54) is 0 Å². The van der Waals surface area contributed by atoms with Crippen molar-refractivity contribution >= 4 is 17.3 Å². The van der Waals surface area contributed by atoms with Gasteiger partial charge in [0.25, 0.3) is 0 Å². The van der Waals surface area contributed by atoms with E-state index in [4.69, 9.17) is 4.74 Å². The van der Waals surface area contributed by atoms with Crippen LogP contribution in [-0.4, -0.2) is 60.8 Å². The van der Waals surface area contributed by atoms with Crippen LogP contribution in [0.25, 0.3) is 0 Å². The molecule has 0 aromatic carbocycles. The number of morpholine rings is 1. The van der Waals surface area contributed by atoms with Crippen LogP contribution in [0.5, 0.6) is 0 Å². The number of nitrogens with zero attached hydrogens (tertiary/aromatic N) is 3. The number of aliphatic imine (C=N–C) groups is 1. The van der Waals surface area contributed by atoms with Crippen molar-refractivity contribution in [3.8, 4) is 0 Å². The average Bonchev–Trinajstić information content (AvgIpc) is 3.05. The molecule has 148 valence electrons. The molecule has 2 unspecified atom stereocenters. The Morgan fingerprint density at radius 3 is 2.69 bits per heavy atom. The highest BCUT2D eigenvalue weighted by Crippen LogP contribution is 2.18. The summed E-state index contributed by atoms with van der Waals surface area (Å²) in [4.78, 5) is 11.8. The molecule has 0 radical (unpaired) electrons. The normalized spacial score (nSPS) is 22.0. The summed E-state index contributed by atoms with van der Waals surface area (Å²) in [6, 6.07) is 0. The lowest BCUT2D eigenvalue weighted by Crippen LogP contribution is -2.46. The Labute approximate surface area is 162 Å². The number of hydrogen-bond donors (Lipinski definition) is 2. The Hall–Kier alpha value is -1.18. The maximum absolute atomic E-state index is 5.79. The minimum atomic E-state index is 0.333. The Morgan fingerprint density at radius 2 is 2.08 bits per heavy atom. The lowest BCUT2D eigenvalue weighted by atomic mass is 10.2. The fourth-order valence-corrected chi connectivity index (χ4v) is 4.01. The van der Waals surface area contributed by atoms with Gasteiger partial charge in [0.1, 0.15) is 5.01 Å². The first-order valence-corrected chi connectivity index (χ1v) is 10.7. The van der Waals surface area contributed by atoms with E-state index in [2.05, 4.69) is 65.5 Å². The molecule has 7 heteroatoms. The summed E-state index contributed by atoms with van der Waals surface area (Å²) in [7, 11) is 0. The molecule has 26 heavy (non-hydrogen) atoms. The van der Waals surface area contributed by atoms with Crippen molar-refractivity contribution < 1.29 is 4.74 Å². The smallest absolute Gasteiger partial charge is 0.191 e. The number of ether oxygens (including phenoxy) is 1. The average molecular weight is 382 g/mol. The molecule has 0 amide bonds. The van der Waals surface area contributed by atoms with Crippen LogP contribution in [0.3, 0.4) is 0 Å². The molecule has 0 aliphatic carbocycles. The summed E-state index contributed by atoms with van der Waals surface area (Å²) in [6.07, 6.45) is 1.76. The zero-order valence-corrected chi connectivity index (χ0v) is 17.7. The van der Waals surface area contributed by atoms with Gasteiger partial charge < -0.3 is 15.4 Å². The maximum atomic E-state index is 5.79. The van der Waals surface area contributed by atoms with Gasteiger partial charge in [-0.2, -0.15) is 0 Å². The van der Waals surface area contributed by atoms with Gasteiger partial charge in [-0.05, 0) is 33.1 Å². The van der Waals surface area contributed by atoms with E-state index in [0.717, 1.165) is 55.8 Å². The summed E-state index contributed by atoms with van der Waals surface area (Å²) in [5.41, 5.74) is 1.16. The molecule has 0 saturated carbocycles. The third-order valence-electron chi connectivity index (χ3n) is 4.32. The van der Waals surface area contributed by atoms with Crippen LogP contribution >= 0.6 is 11.3 Å². The standard InChI is InChI=1S/C19H35N5OS/c1-6-20-19(22-10-18-23-17(13-26-18)14(2)3)21-8-7-9-24-11-15(4)25-16(5)12-24/h13-16H,6-12H2,1-5H3,(H2,20,21,22). The van der Waals surface area contributed by atoms with E-state index in [-0.39, 0.29) is 0 Å². The molecule has 1 aromatic heterocycles. The van der Waals surface area contributed by atoms with Crippen molar-refractivity contribution in [3.05, 3.63) is 16.1 Å². The highest BCUT2D eigenvalue weighted by molar-refractivity contribution is 7.09. The van der Waals surface area contributed by atoms with Crippen LogP contribution in [0, 0.1) is 0 Å². The Kier molecular flexibility index (Phi) is 8.81. The fourth-order valence-electron chi connectivity index (χ4n) is 3.13. The van der Waals surface area contributed by atoms with Gasteiger partial charge in [-0.25, -0.2) is 9.98 Å². The minimum Gasteiger partial charge on any atom is -0.373 e. The second-order valence-corrected chi connectivity index (χ2v) is 8.26. The van der Waals surface area contributed by atoms with E-state index in [0.29, 0.717) is 24.7 Å². The molecular formula is C19H35N5OS. The van der Waals surface area contributed by atoms with E-state index in [1.54, 1.807) is 11.3 Å². The molecule has 2 rings (SSSR count). The monoisotopic (exact) mass is 381 g/mol. The van der Waals surface area contributed by atoms with Crippen molar-refractivity contribution in [1.29, 1.82) is 0 Å². The number of hydrogen-bond acceptors (Lipinski definition) is 5. The number of guanidine groups is 1. The Morgan fingerprint density at radius 1 is 1.35 bits per heavy atom. The number of thiazole rings is 1. The van der Waals surface area contributed by atoms with Gasteiger partial charge in [0.2, 0.25) is 0 Å². The molecule has 1 fully saturated rings. The molecule has 1 aliphatic heterocycles. The highest BCUT2D eigenvalue weighted by Gasteiger charge is 2.21. The Bertz CT molecular complexity index is 550. The summed E-state index contributed by atoms with van der Waals surface area (Å²) in [5, 5.41) is 9.97. The Balaban J connectivity index is 1.74. The van der Waals surface area contributed by atoms with Crippen LogP contribution in [0.1, 0.15) is 57.7 Å². The largest absolute Gasteiger partial charge is 0.373 e. The van der Waals surface area contributed by atoms with Crippen LogP contribution in [-0.2, 0) is 11.3 Å². The topological polar surface area (TPSA) is 61.8 Å². The molecule has 6 nitrogen and oxygen atoms in total. The van der Waals surface area contributed by atoms with E-state index in [9.17, 15) is 0 Å². The lowest BCUT2D eigenvalue weighted by Gasteiger charge is -2.35. The van der Waals surface area contributed by atoms with Gasteiger partial charge in [-0.1, -0.05) is 13.8 Å². The molecule has 2 heterocycles. The first-order valence-electron chi connectivity index (χ1n) is 9.82. The van der Waals surface area contributed by atoms with Gasteiger partial charge >= 0.3 is 0 Å². The van der Waals surface area contributed by atoms with Crippen molar-refractivity contribution in [2.45, 2.75) is 65.7 Å². The van der Waals surface area contributed by atoms with Crippen molar-refractivity contribution in [1.82, 2.24) is 20.5 Å². The van der Waals surface area contributed by atoms with E-state index in [1.807, 2.05) is 0 Å². The third-order valence-corrected chi connectivity index (χ3v) is 5.17. The number of nitrogens with one attached hydrogen (secondary N) is 2. The lowest BCUT2D eigenvalue weighted by molar-refractivity contribution is -0.0679. The molecular weight excluding hydrogens is 346 g/mol.